The van der Waals surface area contributed by atoms with Crippen LogP contribution in [0.4, 0.5) is 4.70 Å². The summed E-state index contributed by atoms with van der Waals surface area (Å²) in [5.41, 5.74) is 0. The van der Waals surface area contributed by atoms with E-state index in [-0.39, 0.29) is 4.70 Å². The quantitative estimate of drug-likeness (QED) is 0.580. The topological polar surface area (TPSA) is 27.7 Å². The van der Waals surface area contributed by atoms with E-state index in [0.717, 1.165) is 18.9 Å². The second-order valence-corrected chi connectivity index (χ2v) is 5.82. The van der Waals surface area contributed by atoms with Gasteiger partial charge < -0.3 is 13.3 Å². The van der Waals surface area contributed by atoms with Crippen molar-refractivity contribution in [3.8, 4) is 0 Å². The Morgan fingerprint density at radius 1 is 0.800 bits per heavy atom. The van der Waals surface area contributed by atoms with Crippen molar-refractivity contribution in [1.82, 2.24) is 0 Å². The monoisotopic (exact) mass is 240 g/mol. The Morgan fingerprint density at radius 3 is 1.47 bits per heavy atom. The van der Waals surface area contributed by atoms with Gasteiger partial charge in [-0.2, -0.15) is 0 Å². The van der Waals surface area contributed by atoms with Crippen LogP contribution in [0.5, 0.6) is 0 Å². The van der Waals surface area contributed by atoms with Crippen LogP contribution in [0, 0.1) is 0 Å². The van der Waals surface area contributed by atoms with Crippen molar-refractivity contribution >= 4 is 8.80 Å². The standard InChI is InChI=1S/C10H24O3Si.FH/c1-5-9-10-14(11-6-2,12-7-3)13-8-4;/h5-10H2,1-4H3;1H. The first-order valence-corrected chi connectivity index (χ1v) is 7.59. The van der Waals surface area contributed by atoms with Gasteiger partial charge in [-0.15, -0.1) is 0 Å². The number of hydrogen-bond acceptors (Lipinski definition) is 3. The van der Waals surface area contributed by atoms with Crippen LogP contribution in [-0.4, -0.2) is 28.6 Å². The average Bonchev–Trinajstić information content (AvgIpc) is 2.16. The normalized spacial score (nSPS) is 11.2. The van der Waals surface area contributed by atoms with E-state index in [1.54, 1.807) is 0 Å². The molecule has 0 amide bonds. The maximum Gasteiger partial charge on any atom is 0.500 e. The Kier molecular flexibility index (Phi) is 12.2. The van der Waals surface area contributed by atoms with E-state index in [1.165, 1.54) is 0 Å². The van der Waals surface area contributed by atoms with Crippen LogP contribution in [0.25, 0.3) is 0 Å². The van der Waals surface area contributed by atoms with Crippen LogP contribution in [0.15, 0.2) is 0 Å². The Labute approximate surface area is 93.8 Å². The van der Waals surface area contributed by atoms with Gasteiger partial charge in [-0.3, -0.25) is 4.70 Å². The molecule has 0 bridgehead atoms. The molecule has 0 aromatic rings. The van der Waals surface area contributed by atoms with Crippen LogP contribution >= 0.6 is 0 Å². The molecule has 0 rings (SSSR count). The van der Waals surface area contributed by atoms with Crippen molar-refractivity contribution in [2.45, 2.75) is 46.6 Å². The first-order chi connectivity index (χ1) is 6.74. The number of unbranched alkanes of at least 4 members (excludes halogenated alkanes) is 1. The first-order valence-electron chi connectivity index (χ1n) is 5.66. The second-order valence-electron chi connectivity index (χ2n) is 3.09. The van der Waals surface area contributed by atoms with Gasteiger partial charge >= 0.3 is 8.80 Å². The molecule has 0 atom stereocenters. The van der Waals surface area contributed by atoms with Gasteiger partial charge in [0.15, 0.2) is 0 Å². The predicted octanol–water partition coefficient (Wildman–Crippen LogP) is 2.99. The van der Waals surface area contributed by atoms with Gasteiger partial charge in [0.2, 0.25) is 0 Å². The number of rotatable bonds is 9. The molecule has 0 aromatic heterocycles. The van der Waals surface area contributed by atoms with Gasteiger partial charge in [-0.05, 0) is 27.2 Å². The largest absolute Gasteiger partial charge is 0.500 e. The van der Waals surface area contributed by atoms with Gasteiger partial charge in [0, 0.05) is 25.9 Å². The molecule has 0 aliphatic rings. The third-order valence-corrected chi connectivity index (χ3v) is 5.08. The zero-order valence-electron chi connectivity index (χ0n) is 10.4. The predicted molar refractivity (Wildman–Crippen MR) is 62.9 cm³/mol. The summed E-state index contributed by atoms with van der Waals surface area (Å²) in [5, 5.41) is 0. The highest BCUT2D eigenvalue weighted by molar-refractivity contribution is 6.60. The summed E-state index contributed by atoms with van der Waals surface area (Å²) in [4.78, 5) is 0. The van der Waals surface area contributed by atoms with Crippen molar-refractivity contribution in [3.05, 3.63) is 0 Å². The Hall–Kier alpha value is 0.0269. The molecule has 0 heterocycles. The number of halogens is 1. The lowest BCUT2D eigenvalue weighted by Gasteiger charge is -2.28. The maximum absolute atomic E-state index is 5.71. The minimum Gasteiger partial charge on any atom is -0.374 e. The van der Waals surface area contributed by atoms with Gasteiger partial charge in [0.25, 0.3) is 0 Å². The maximum atomic E-state index is 5.71. The molecule has 0 unspecified atom stereocenters. The molecule has 0 aliphatic heterocycles. The fourth-order valence-corrected chi connectivity index (χ4v) is 4.18. The van der Waals surface area contributed by atoms with E-state index >= 15 is 0 Å². The lowest BCUT2D eigenvalue weighted by Crippen LogP contribution is -2.45. The Morgan fingerprint density at radius 2 is 1.20 bits per heavy atom. The van der Waals surface area contributed by atoms with E-state index in [0.29, 0.717) is 19.8 Å². The third kappa shape index (κ3) is 7.00. The van der Waals surface area contributed by atoms with E-state index in [2.05, 4.69) is 6.92 Å². The highest BCUT2D eigenvalue weighted by Crippen LogP contribution is 2.18. The van der Waals surface area contributed by atoms with Gasteiger partial charge in [-0.25, -0.2) is 0 Å². The molecule has 0 aliphatic carbocycles. The molecule has 0 saturated heterocycles. The molecule has 0 fully saturated rings. The van der Waals surface area contributed by atoms with Crippen molar-refractivity contribution < 1.29 is 18.0 Å². The minimum absolute atomic E-state index is 0. The smallest absolute Gasteiger partial charge is 0.374 e. The van der Waals surface area contributed by atoms with Crippen LogP contribution in [0.2, 0.25) is 6.04 Å². The molecule has 5 heteroatoms. The highest BCUT2D eigenvalue weighted by atomic mass is 28.4. The molecule has 94 valence electrons. The first kappa shape index (κ1) is 17.4. The van der Waals surface area contributed by atoms with Crippen molar-refractivity contribution in [2.24, 2.45) is 0 Å². The van der Waals surface area contributed by atoms with E-state index < -0.39 is 8.80 Å². The SMILES string of the molecule is CCCC[Si](OCC)(OCC)OCC.F. The lowest BCUT2D eigenvalue weighted by molar-refractivity contribution is 0.0708. The molecule has 0 saturated carbocycles. The second kappa shape index (κ2) is 10.5. The molecule has 0 N–H and O–H groups in total. The fourth-order valence-electron chi connectivity index (χ4n) is 1.39. The highest BCUT2D eigenvalue weighted by Gasteiger charge is 2.39. The van der Waals surface area contributed by atoms with Crippen molar-refractivity contribution in [1.29, 1.82) is 0 Å². The van der Waals surface area contributed by atoms with Gasteiger partial charge in [0.1, 0.15) is 0 Å². The molecule has 0 aromatic carbocycles. The Bertz CT molecular complexity index is 119. The summed E-state index contributed by atoms with van der Waals surface area (Å²) in [6.45, 7) is 10.2. The van der Waals surface area contributed by atoms with Crippen molar-refractivity contribution in [2.75, 3.05) is 19.8 Å². The van der Waals surface area contributed by atoms with Gasteiger partial charge in [0.05, 0.1) is 0 Å². The van der Waals surface area contributed by atoms with E-state index in [1.807, 2.05) is 20.8 Å². The van der Waals surface area contributed by atoms with E-state index in [9.17, 15) is 0 Å². The zero-order valence-corrected chi connectivity index (χ0v) is 11.4. The van der Waals surface area contributed by atoms with Crippen LogP contribution < -0.4 is 0 Å². The molecule has 3 nitrogen and oxygen atoms in total. The molecule has 15 heavy (non-hydrogen) atoms. The summed E-state index contributed by atoms with van der Waals surface area (Å²) in [5.74, 6) is 0. The van der Waals surface area contributed by atoms with Crippen LogP contribution in [0.1, 0.15) is 40.5 Å². The van der Waals surface area contributed by atoms with Crippen LogP contribution in [-0.2, 0) is 13.3 Å². The molecular weight excluding hydrogens is 215 g/mol. The lowest BCUT2D eigenvalue weighted by atomic mass is 10.4. The summed E-state index contributed by atoms with van der Waals surface area (Å²) in [7, 11) is -2.32. The minimum atomic E-state index is -2.32. The summed E-state index contributed by atoms with van der Waals surface area (Å²) in [6, 6.07) is 0.943. The van der Waals surface area contributed by atoms with Gasteiger partial charge in [-0.1, -0.05) is 13.3 Å². The summed E-state index contributed by atoms with van der Waals surface area (Å²) >= 11 is 0. The Balaban J connectivity index is 0. The summed E-state index contributed by atoms with van der Waals surface area (Å²) < 4.78 is 17.1. The molecule has 0 radical (unpaired) electrons. The molecular formula is C10H25FO3Si. The van der Waals surface area contributed by atoms with E-state index in [4.69, 9.17) is 13.3 Å². The molecule has 0 spiro atoms. The fraction of sp³-hybridized carbons (Fsp3) is 1.00. The summed E-state index contributed by atoms with van der Waals surface area (Å²) in [6.07, 6.45) is 2.27. The number of hydrogen-bond donors (Lipinski definition) is 0. The third-order valence-electron chi connectivity index (χ3n) is 1.93. The zero-order chi connectivity index (χ0) is 10.9. The average molecular weight is 240 g/mol. The van der Waals surface area contributed by atoms with Crippen molar-refractivity contribution in [3.63, 3.8) is 0 Å². The van der Waals surface area contributed by atoms with Crippen LogP contribution in [0.3, 0.4) is 0 Å².